The number of rotatable bonds is 11. The molecule has 1 aromatic carbocycles. The molecule has 3 rings (SSSR count). The average Bonchev–Trinajstić information content (AvgIpc) is 3.00. The van der Waals surface area contributed by atoms with Crippen molar-refractivity contribution in [1.29, 1.82) is 0 Å². The standard InChI is InChI=1S/C27H35F3N2O5/c1-6-11-17-15-19-20(27(28,29)30)16-21(33)37-23(19)18(12-7-2)22(17)36-14-10-9-13-32-24(34)26(4,8-3)31(5)25(32)35/h15-16H,6-14H2,1-5H3. The fraction of sp³-hybridized carbons (Fsp3) is 0.593. The lowest BCUT2D eigenvalue weighted by Gasteiger charge is -2.26. The van der Waals surface area contributed by atoms with Crippen LogP contribution >= 0.6 is 0 Å². The lowest BCUT2D eigenvalue weighted by atomic mass is 9.96. The van der Waals surface area contributed by atoms with E-state index in [1.807, 2.05) is 20.8 Å². The van der Waals surface area contributed by atoms with Gasteiger partial charge in [-0.25, -0.2) is 9.59 Å². The van der Waals surface area contributed by atoms with E-state index < -0.39 is 22.9 Å². The minimum Gasteiger partial charge on any atom is -0.493 e. The Morgan fingerprint density at radius 2 is 1.70 bits per heavy atom. The van der Waals surface area contributed by atoms with Gasteiger partial charge in [0, 0.05) is 30.6 Å². The molecule has 1 unspecified atom stereocenters. The summed E-state index contributed by atoms with van der Waals surface area (Å²) in [6, 6.07) is 1.59. The van der Waals surface area contributed by atoms with Gasteiger partial charge in [-0.2, -0.15) is 13.2 Å². The maximum absolute atomic E-state index is 13.7. The first-order valence-electron chi connectivity index (χ1n) is 12.8. The maximum Gasteiger partial charge on any atom is 0.417 e. The second kappa shape index (κ2) is 11.1. The third-order valence-electron chi connectivity index (χ3n) is 7.16. The van der Waals surface area contributed by atoms with E-state index in [1.54, 1.807) is 14.0 Å². The zero-order valence-electron chi connectivity index (χ0n) is 22.1. The third-order valence-corrected chi connectivity index (χ3v) is 7.16. The molecule has 2 heterocycles. The first-order chi connectivity index (χ1) is 17.4. The van der Waals surface area contributed by atoms with Crippen molar-refractivity contribution in [2.45, 2.75) is 84.4 Å². The van der Waals surface area contributed by atoms with Crippen molar-refractivity contribution in [2.75, 3.05) is 20.2 Å². The number of ether oxygens (including phenoxy) is 1. The van der Waals surface area contributed by atoms with E-state index in [0.717, 1.165) is 0 Å². The van der Waals surface area contributed by atoms with Gasteiger partial charge in [0.05, 0.1) is 12.2 Å². The van der Waals surface area contributed by atoms with E-state index in [1.165, 1.54) is 15.9 Å². The van der Waals surface area contributed by atoms with Gasteiger partial charge in [0.2, 0.25) is 0 Å². The number of nitrogens with zero attached hydrogens (tertiary/aromatic N) is 2. The molecule has 37 heavy (non-hydrogen) atoms. The number of carbonyl (C=O) groups is 2. The summed E-state index contributed by atoms with van der Waals surface area (Å²) < 4.78 is 52.6. The fourth-order valence-corrected chi connectivity index (χ4v) is 4.80. The molecule has 2 aromatic rings. The minimum absolute atomic E-state index is 0.0910. The summed E-state index contributed by atoms with van der Waals surface area (Å²) in [5.74, 6) is 0.231. The molecule has 0 N–H and O–H groups in total. The number of imide groups is 1. The smallest absolute Gasteiger partial charge is 0.417 e. The highest BCUT2D eigenvalue weighted by Crippen LogP contribution is 2.40. The topological polar surface area (TPSA) is 80.1 Å². The number of amides is 3. The fourth-order valence-electron chi connectivity index (χ4n) is 4.80. The molecular weight excluding hydrogens is 489 g/mol. The van der Waals surface area contributed by atoms with Gasteiger partial charge in [-0.15, -0.1) is 0 Å². The van der Waals surface area contributed by atoms with E-state index in [-0.39, 0.29) is 36.1 Å². The molecular formula is C27H35F3N2O5. The molecule has 10 heteroatoms. The maximum atomic E-state index is 13.7. The number of likely N-dealkylation sites (N-methyl/N-ethyl adjacent to an activating group) is 1. The summed E-state index contributed by atoms with van der Waals surface area (Å²) in [7, 11) is 1.62. The number of halogens is 3. The van der Waals surface area contributed by atoms with Gasteiger partial charge >= 0.3 is 17.8 Å². The van der Waals surface area contributed by atoms with Gasteiger partial charge in [0.25, 0.3) is 5.91 Å². The molecule has 0 radical (unpaired) electrons. The van der Waals surface area contributed by atoms with E-state index in [4.69, 9.17) is 9.15 Å². The normalized spacial score (nSPS) is 18.4. The van der Waals surface area contributed by atoms with Crippen LogP contribution in [0.5, 0.6) is 5.75 Å². The second-order valence-corrected chi connectivity index (χ2v) is 9.68. The Kier molecular flexibility index (Phi) is 8.59. The lowest BCUT2D eigenvalue weighted by Crippen LogP contribution is -2.44. The highest BCUT2D eigenvalue weighted by atomic mass is 19.4. The lowest BCUT2D eigenvalue weighted by molar-refractivity contribution is -0.136. The molecule has 1 atom stereocenters. The number of carbonyl (C=O) groups excluding carboxylic acids is 2. The van der Waals surface area contributed by atoms with Gasteiger partial charge in [-0.3, -0.25) is 9.69 Å². The van der Waals surface area contributed by atoms with Crippen molar-refractivity contribution in [2.24, 2.45) is 0 Å². The summed E-state index contributed by atoms with van der Waals surface area (Å²) >= 11 is 0. The summed E-state index contributed by atoms with van der Waals surface area (Å²) in [6.07, 6.45) is -0.969. The zero-order chi connectivity index (χ0) is 27.5. The van der Waals surface area contributed by atoms with Crippen molar-refractivity contribution in [1.82, 2.24) is 9.80 Å². The summed E-state index contributed by atoms with van der Waals surface area (Å²) in [5.41, 5.74) is -1.92. The Labute approximate surface area is 214 Å². The molecule has 3 amide bonds. The van der Waals surface area contributed by atoms with Crippen LogP contribution in [-0.2, 0) is 23.8 Å². The number of hydrogen-bond acceptors (Lipinski definition) is 5. The van der Waals surface area contributed by atoms with Crippen LogP contribution in [-0.4, -0.2) is 47.5 Å². The second-order valence-electron chi connectivity index (χ2n) is 9.68. The number of urea groups is 1. The first kappa shape index (κ1) is 28.5. The Balaban J connectivity index is 1.84. The number of hydrogen-bond donors (Lipinski definition) is 0. The van der Waals surface area contributed by atoms with Gasteiger partial charge in [-0.05, 0) is 50.7 Å². The SMILES string of the molecule is CCCc1cc2c(C(F)(F)F)cc(=O)oc2c(CCC)c1OCCCCN1C(=O)N(C)C(C)(CC)C1=O. The number of benzene rings is 1. The first-order valence-corrected chi connectivity index (χ1v) is 12.8. The molecule has 204 valence electrons. The predicted octanol–water partition coefficient (Wildman–Crippen LogP) is 5.94. The van der Waals surface area contributed by atoms with Crippen LogP contribution in [0.1, 0.15) is 76.5 Å². The highest BCUT2D eigenvalue weighted by molar-refractivity contribution is 6.06. The molecule has 0 bridgehead atoms. The monoisotopic (exact) mass is 524 g/mol. The molecule has 0 spiro atoms. The third kappa shape index (κ3) is 5.48. The summed E-state index contributed by atoms with van der Waals surface area (Å²) in [5, 5.41) is -0.138. The number of alkyl halides is 3. The number of unbranched alkanes of at least 4 members (excludes halogenated alkanes) is 1. The van der Waals surface area contributed by atoms with Crippen LogP contribution in [0, 0.1) is 0 Å². The Hall–Kier alpha value is -3.04. The Bertz CT molecular complexity index is 1220. The van der Waals surface area contributed by atoms with E-state index >= 15 is 0 Å². The molecule has 7 nitrogen and oxygen atoms in total. The van der Waals surface area contributed by atoms with Gasteiger partial charge in [0.1, 0.15) is 16.9 Å². The van der Waals surface area contributed by atoms with Crippen LogP contribution in [0.4, 0.5) is 18.0 Å². The van der Waals surface area contributed by atoms with E-state index in [2.05, 4.69) is 0 Å². The van der Waals surface area contributed by atoms with Crippen LogP contribution < -0.4 is 10.4 Å². The highest BCUT2D eigenvalue weighted by Gasteiger charge is 2.50. The van der Waals surface area contributed by atoms with Crippen molar-refractivity contribution in [3.8, 4) is 5.75 Å². The predicted molar refractivity (Wildman–Crippen MR) is 134 cm³/mol. The van der Waals surface area contributed by atoms with Gasteiger partial charge < -0.3 is 14.1 Å². The Morgan fingerprint density at radius 3 is 2.27 bits per heavy atom. The molecule has 0 saturated carbocycles. The number of fused-ring (bicyclic) bond motifs is 1. The molecule has 1 fully saturated rings. The molecule has 1 aliphatic rings. The molecule has 1 aromatic heterocycles. The van der Waals surface area contributed by atoms with E-state index in [0.29, 0.717) is 67.9 Å². The van der Waals surface area contributed by atoms with E-state index in [9.17, 15) is 27.6 Å². The summed E-state index contributed by atoms with van der Waals surface area (Å²) in [4.78, 5) is 40.1. The zero-order valence-corrected chi connectivity index (χ0v) is 22.1. The minimum atomic E-state index is -4.70. The van der Waals surface area contributed by atoms with Gasteiger partial charge in [0.15, 0.2) is 0 Å². The molecule has 1 aliphatic heterocycles. The van der Waals surface area contributed by atoms with Crippen molar-refractivity contribution in [3.63, 3.8) is 0 Å². The molecule has 0 aliphatic carbocycles. The Morgan fingerprint density at radius 1 is 1.03 bits per heavy atom. The van der Waals surface area contributed by atoms with Crippen molar-refractivity contribution >= 4 is 22.9 Å². The van der Waals surface area contributed by atoms with Crippen LogP contribution in [0.15, 0.2) is 21.3 Å². The van der Waals surface area contributed by atoms with Crippen molar-refractivity contribution < 1.29 is 31.9 Å². The quantitative estimate of drug-likeness (QED) is 0.207. The largest absolute Gasteiger partial charge is 0.493 e. The van der Waals surface area contributed by atoms with Gasteiger partial charge in [-0.1, -0.05) is 33.6 Å². The number of aryl methyl sites for hydroxylation is 2. The average molecular weight is 525 g/mol. The van der Waals surface area contributed by atoms with Crippen LogP contribution in [0.2, 0.25) is 0 Å². The summed E-state index contributed by atoms with van der Waals surface area (Å²) in [6.45, 7) is 7.92. The van der Waals surface area contributed by atoms with Crippen LogP contribution in [0.3, 0.4) is 0 Å². The van der Waals surface area contributed by atoms with Crippen molar-refractivity contribution in [3.05, 3.63) is 39.2 Å². The van der Waals surface area contributed by atoms with Crippen LogP contribution in [0.25, 0.3) is 11.0 Å². The molecule has 1 saturated heterocycles.